The molecule has 0 unspecified atom stereocenters. The predicted molar refractivity (Wildman–Crippen MR) is 51.3 cm³/mol. The molecule has 2 N–H and O–H groups in total. The Balaban J connectivity index is 2.99. The van der Waals surface area contributed by atoms with E-state index in [2.05, 4.69) is 9.97 Å². The molecule has 0 aliphatic rings. The molecule has 2 aromatic heterocycles. The molecule has 12 heavy (non-hydrogen) atoms. The number of hydrogen-bond acceptors (Lipinski definition) is 3. The highest BCUT2D eigenvalue weighted by Gasteiger charge is 2.10. The molecule has 62 valence electrons. The molecule has 4 nitrogen and oxygen atoms in total. The lowest BCUT2D eigenvalue weighted by atomic mass is 10.4. The number of hydrogen-bond donors (Lipinski definition) is 1. The van der Waals surface area contributed by atoms with Crippen molar-refractivity contribution in [2.45, 2.75) is 0 Å². The van der Waals surface area contributed by atoms with E-state index in [1.165, 1.54) is 12.5 Å². The smallest absolute Gasteiger partial charge is 0.157 e. The van der Waals surface area contributed by atoms with Gasteiger partial charge < -0.3 is 5.73 Å². The minimum absolute atomic E-state index is 0.174. The van der Waals surface area contributed by atoms with Crippen molar-refractivity contribution < 1.29 is 4.39 Å². The van der Waals surface area contributed by atoms with E-state index >= 15 is 0 Å². The second-order valence-corrected chi connectivity index (χ2v) is 3.29. The summed E-state index contributed by atoms with van der Waals surface area (Å²) in [7, 11) is 0. The molecule has 0 radical (unpaired) electrons. The van der Waals surface area contributed by atoms with Gasteiger partial charge in [0, 0.05) is 0 Å². The molecule has 6 heteroatoms. The molecule has 2 rings (SSSR count). The van der Waals surface area contributed by atoms with Crippen molar-refractivity contribution >= 4 is 39.7 Å². The van der Waals surface area contributed by atoms with Crippen LogP contribution in [-0.4, -0.2) is 12.7 Å². The second-order valence-electron chi connectivity index (χ2n) is 2.25. The summed E-state index contributed by atoms with van der Waals surface area (Å²) in [5.74, 6) is -0.217. The SMILES string of the molecule is Nc1ncnc2c1c(F)cn2I. The topological polar surface area (TPSA) is 56.7 Å². The number of anilines is 1. The van der Waals surface area contributed by atoms with Gasteiger partial charge in [0.05, 0.1) is 34.4 Å². The Hall–Kier alpha value is -0.920. The third-order valence-electron chi connectivity index (χ3n) is 1.52. The number of fused-ring (bicyclic) bond motifs is 1. The van der Waals surface area contributed by atoms with Crippen molar-refractivity contribution in [2.75, 3.05) is 5.73 Å². The van der Waals surface area contributed by atoms with Gasteiger partial charge in [-0.15, -0.1) is 0 Å². The van der Waals surface area contributed by atoms with Gasteiger partial charge in [-0.2, -0.15) is 0 Å². The van der Waals surface area contributed by atoms with E-state index in [1.807, 2.05) is 22.9 Å². The molecule has 0 bridgehead atoms. The number of aromatic nitrogens is 3. The molecule has 0 aliphatic carbocycles. The van der Waals surface area contributed by atoms with Gasteiger partial charge in [0.15, 0.2) is 11.5 Å². The van der Waals surface area contributed by atoms with Crippen LogP contribution in [0.1, 0.15) is 0 Å². The molecular formula is C6H4FIN4. The van der Waals surface area contributed by atoms with Gasteiger partial charge in [-0.05, 0) is 0 Å². The van der Waals surface area contributed by atoms with Gasteiger partial charge in [0.2, 0.25) is 0 Å². The Kier molecular flexibility index (Phi) is 1.63. The van der Waals surface area contributed by atoms with E-state index in [0.29, 0.717) is 5.65 Å². The zero-order valence-electron chi connectivity index (χ0n) is 5.83. The molecule has 0 atom stereocenters. The zero-order valence-corrected chi connectivity index (χ0v) is 7.99. The number of rotatable bonds is 0. The maximum atomic E-state index is 13.1. The summed E-state index contributed by atoms with van der Waals surface area (Å²) >= 11 is 1.93. The summed E-state index contributed by atoms with van der Waals surface area (Å²) in [6.45, 7) is 0. The lowest BCUT2D eigenvalue weighted by Gasteiger charge is -1.93. The van der Waals surface area contributed by atoms with E-state index in [0.717, 1.165) is 0 Å². The van der Waals surface area contributed by atoms with Crippen LogP contribution < -0.4 is 5.73 Å². The maximum absolute atomic E-state index is 13.1. The molecule has 0 fully saturated rings. The highest BCUT2D eigenvalue weighted by Crippen LogP contribution is 2.23. The molecule has 0 spiro atoms. The molecule has 2 heterocycles. The van der Waals surface area contributed by atoms with Gasteiger partial charge in [-0.1, -0.05) is 0 Å². The number of nitrogens with zero attached hydrogens (tertiary/aromatic N) is 3. The lowest BCUT2D eigenvalue weighted by Crippen LogP contribution is -1.93. The fourth-order valence-corrected chi connectivity index (χ4v) is 1.62. The molecule has 0 saturated heterocycles. The Labute approximate surface area is 81.1 Å². The van der Waals surface area contributed by atoms with Crippen LogP contribution in [0.25, 0.3) is 11.0 Å². The fraction of sp³-hybridized carbons (Fsp3) is 0. The van der Waals surface area contributed by atoms with Crippen molar-refractivity contribution in [3.63, 3.8) is 0 Å². The highest BCUT2D eigenvalue weighted by atomic mass is 127. The maximum Gasteiger partial charge on any atom is 0.157 e. The van der Waals surface area contributed by atoms with Crippen LogP contribution >= 0.6 is 22.9 Å². The monoisotopic (exact) mass is 278 g/mol. The first kappa shape index (κ1) is 7.71. The number of halogens is 2. The first-order valence-electron chi connectivity index (χ1n) is 3.13. The zero-order chi connectivity index (χ0) is 8.72. The first-order valence-corrected chi connectivity index (χ1v) is 4.10. The van der Waals surface area contributed by atoms with Gasteiger partial charge >= 0.3 is 0 Å². The van der Waals surface area contributed by atoms with E-state index < -0.39 is 5.82 Å². The van der Waals surface area contributed by atoms with Crippen LogP contribution in [0.5, 0.6) is 0 Å². The lowest BCUT2D eigenvalue weighted by molar-refractivity contribution is 0.639. The largest absolute Gasteiger partial charge is 0.383 e. The number of nitrogens with two attached hydrogens (primary N) is 1. The minimum atomic E-state index is -0.391. The van der Waals surface area contributed by atoms with E-state index in [1.54, 1.807) is 2.78 Å². The quantitative estimate of drug-likeness (QED) is 0.740. The van der Waals surface area contributed by atoms with Gasteiger partial charge in [0.1, 0.15) is 12.1 Å². The van der Waals surface area contributed by atoms with Crippen molar-refractivity contribution in [2.24, 2.45) is 0 Å². The summed E-state index contributed by atoms with van der Waals surface area (Å²) in [5, 5.41) is 0.284. The van der Waals surface area contributed by atoms with Crippen LogP contribution in [0.4, 0.5) is 10.2 Å². The van der Waals surface area contributed by atoms with Crippen LogP contribution in [0.3, 0.4) is 0 Å². The van der Waals surface area contributed by atoms with E-state index in [-0.39, 0.29) is 11.2 Å². The molecule has 0 aromatic carbocycles. The fourth-order valence-electron chi connectivity index (χ4n) is 1.01. The summed E-state index contributed by atoms with van der Waals surface area (Å²) in [6, 6.07) is 0. The molecule has 2 aromatic rings. The first-order chi connectivity index (χ1) is 5.70. The van der Waals surface area contributed by atoms with Crippen LogP contribution in [0.15, 0.2) is 12.5 Å². The minimum Gasteiger partial charge on any atom is -0.383 e. The van der Waals surface area contributed by atoms with Crippen LogP contribution in [0, 0.1) is 5.82 Å². The van der Waals surface area contributed by atoms with E-state index in [4.69, 9.17) is 5.73 Å². The predicted octanol–water partition coefficient (Wildman–Crippen LogP) is 1.35. The van der Waals surface area contributed by atoms with Crippen molar-refractivity contribution in [1.82, 2.24) is 12.7 Å². The highest BCUT2D eigenvalue weighted by molar-refractivity contribution is 14.1. The molecular weight excluding hydrogens is 274 g/mol. The Morgan fingerprint density at radius 3 is 2.92 bits per heavy atom. The Morgan fingerprint density at radius 1 is 1.50 bits per heavy atom. The summed E-state index contributed by atoms with van der Waals surface area (Å²) in [6.07, 6.45) is 2.63. The molecule has 0 saturated carbocycles. The molecule has 0 aliphatic heterocycles. The molecule has 0 amide bonds. The summed E-state index contributed by atoms with van der Waals surface area (Å²) in [4.78, 5) is 7.58. The average Bonchev–Trinajstić information content (AvgIpc) is 2.29. The van der Waals surface area contributed by atoms with Gasteiger partial charge in [-0.3, -0.25) is 2.78 Å². The Morgan fingerprint density at radius 2 is 2.25 bits per heavy atom. The van der Waals surface area contributed by atoms with Crippen molar-refractivity contribution in [3.8, 4) is 0 Å². The van der Waals surface area contributed by atoms with Gasteiger partial charge in [0.25, 0.3) is 0 Å². The third-order valence-corrected chi connectivity index (χ3v) is 2.26. The third kappa shape index (κ3) is 0.942. The standard InChI is InChI=1S/C6H4FIN4/c7-3-1-12(8)6-4(3)5(9)10-2-11-6/h1-2H,(H2,9,10,11). The van der Waals surface area contributed by atoms with Crippen LogP contribution in [-0.2, 0) is 0 Å². The van der Waals surface area contributed by atoms with E-state index in [9.17, 15) is 4.39 Å². The Bertz CT molecular complexity index is 438. The number of nitrogen functional groups attached to an aromatic ring is 1. The normalized spacial score (nSPS) is 10.8. The summed E-state index contributed by atoms with van der Waals surface area (Å²) < 4.78 is 14.6. The average molecular weight is 278 g/mol. The summed E-state index contributed by atoms with van der Waals surface area (Å²) in [5.41, 5.74) is 5.96. The van der Waals surface area contributed by atoms with Crippen molar-refractivity contribution in [1.29, 1.82) is 0 Å². The van der Waals surface area contributed by atoms with Crippen LogP contribution in [0.2, 0.25) is 0 Å². The van der Waals surface area contributed by atoms with Crippen molar-refractivity contribution in [3.05, 3.63) is 18.3 Å². The van der Waals surface area contributed by atoms with Gasteiger partial charge in [-0.25, -0.2) is 14.4 Å². The second kappa shape index (κ2) is 2.54.